The molecule has 0 aliphatic heterocycles. The monoisotopic (exact) mass is 186 g/mol. The van der Waals surface area contributed by atoms with Gasteiger partial charge < -0.3 is 4.43 Å². The van der Waals surface area contributed by atoms with Crippen molar-refractivity contribution in [3.8, 4) is 0 Å². The molecule has 0 amide bonds. The maximum absolute atomic E-state index is 5.99. The molecule has 0 radical (unpaired) electrons. The van der Waals surface area contributed by atoms with Crippen molar-refractivity contribution in [3.63, 3.8) is 0 Å². The van der Waals surface area contributed by atoms with Gasteiger partial charge in [0.25, 0.3) is 0 Å². The normalized spacial score (nSPS) is 14.3. The minimum atomic E-state index is -1.34. The zero-order chi connectivity index (χ0) is 9.61. The zero-order valence-corrected chi connectivity index (χ0v) is 9.89. The SMILES string of the molecule is C=CCC(CCC)O[Si](C)(C)C. The first-order valence-corrected chi connectivity index (χ1v) is 8.19. The number of hydrogen-bond acceptors (Lipinski definition) is 1. The van der Waals surface area contributed by atoms with Gasteiger partial charge in [-0.2, -0.15) is 0 Å². The molecule has 72 valence electrons. The second-order valence-electron chi connectivity index (χ2n) is 4.17. The standard InChI is InChI=1S/C10H22OSi/c1-6-8-10(9-7-2)11-12(3,4)5/h6,10H,1,7-9H2,2-5H3. The lowest BCUT2D eigenvalue weighted by atomic mass is 10.1. The molecule has 0 saturated heterocycles. The van der Waals surface area contributed by atoms with Gasteiger partial charge in [-0.05, 0) is 32.5 Å². The number of hydrogen-bond donors (Lipinski definition) is 0. The lowest BCUT2D eigenvalue weighted by molar-refractivity contribution is 0.186. The minimum Gasteiger partial charge on any atom is -0.414 e. The molecule has 1 unspecified atom stereocenters. The highest BCUT2D eigenvalue weighted by molar-refractivity contribution is 6.69. The number of rotatable bonds is 6. The molecule has 0 aliphatic rings. The Labute approximate surface area is 78.0 Å². The fraction of sp³-hybridized carbons (Fsp3) is 0.800. The molecular weight excluding hydrogens is 164 g/mol. The van der Waals surface area contributed by atoms with E-state index in [1.807, 2.05) is 6.08 Å². The summed E-state index contributed by atoms with van der Waals surface area (Å²) in [7, 11) is -1.34. The molecule has 0 fully saturated rings. The molecule has 0 aromatic carbocycles. The van der Waals surface area contributed by atoms with E-state index in [9.17, 15) is 0 Å². The molecule has 0 aromatic heterocycles. The van der Waals surface area contributed by atoms with Gasteiger partial charge in [-0.1, -0.05) is 19.4 Å². The molecule has 0 N–H and O–H groups in total. The summed E-state index contributed by atoms with van der Waals surface area (Å²) >= 11 is 0. The lowest BCUT2D eigenvalue weighted by Gasteiger charge is -2.25. The molecule has 0 spiro atoms. The van der Waals surface area contributed by atoms with Gasteiger partial charge in [-0.3, -0.25) is 0 Å². The van der Waals surface area contributed by atoms with E-state index >= 15 is 0 Å². The molecule has 2 heteroatoms. The fourth-order valence-corrected chi connectivity index (χ4v) is 2.45. The van der Waals surface area contributed by atoms with Crippen molar-refractivity contribution in [1.82, 2.24) is 0 Å². The maximum Gasteiger partial charge on any atom is 0.184 e. The van der Waals surface area contributed by atoms with E-state index < -0.39 is 8.32 Å². The van der Waals surface area contributed by atoms with Crippen molar-refractivity contribution < 1.29 is 4.43 Å². The average molecular weight is 186 g/mol. The Morgan fingerprint density at radius 1 is 1.42 bits per heavy atom. The van der Waals surface area contributed by atoms with E-state index in [2.05, 4.69) is 33.1 Å². The van der Waals surface area contributed by atoms with E-state index in [0.717, 1.165) is 12.8 Å². The zero-order valence-electron chi connectivity index (χ0n) is 8.89. The Morgan fingerprint density at radius 2 is 2.00 bits per heavy atom. The molecule has 0 saturated carbocycles. The first-order chi connectivity index (χ1) is 5.49. The van der Waals surface area contributed by atoms with Crippen LogP contribution in [0.3, 0.4) is 0 Å². The molecular formula is C10H22OSi. The largest absolute Gasteiger partial charge is 0.414 e. The summed E-state index contributed by atoms with van der Waals surface area (Å²) in [4.78, 5) is 0. The quantitative estimate of drug-likeness (QED) is 0.455. The third-order valence-electron chi connectivity index (χ3n) is 1.56. The smallest absolute Gasteiger partial charge is 0.184 e. The van der Waals surface area contributed by atoms with Gasteiger partial charge >= 0.3 is 0 Å². The van der Waals surface area contributed by atoms with Gasteiger partial charge in [0.1, 0.15) is 0 Å². The van der Waals surface area contributed by atoms with Crippen molar-refractivity contribution in [1.29, 1.82) is 0 Å². The topological polar surface area (TPSA) is 9.23 Å². The molecule has 1 atom stereocenters. The highest BCUT2D eigenvalue weighted by Crippen LogP contribution is 2.14. The lowest BCUT2D eigenvalue weighted by Crippen LogP contribution is -2.31. The molecule has 0 heterocycles. The summed E-state index contributed by atoms with van der Waals surface area (Å²) in [5, 5.41) is 0. The first kappa shape index (κ1) is 11.9. The van der Waals surface area contributed by atoms with Gasteiger partial charge in [-0.25, -0.2) is 0 Å². The summed E-state index contributed by atoms with van der Waals surface area (Å²) in [6.45, 7) is 12.7. The van der Waals surface area contributed by atoms with Crippen molar-refractivity contribution in [3.05, 3.63) is 12.7 Å². The molecule has 0 aliphatic carbocycles. The van der Waals surface area contributed by atoms with E-state index in [1.165, 1.54) is 6.42 Å². The third-order valence-corrected chi connectivity index (χ3v) is 2.60. The van der Waals surface area contributed by atoms with Gasteiger partial charge in [0, 0.05) is 6.10 Å². The highest BCUT2D eigenvalue weighted by atomic mass is 28.4. The predicted molar refractivity (Wildman–Crippen MR) is 57.9 cm³/mol. The van der Waals surface area contributed by atoms with Crippen LogP contribution in [0.25, 0.3) is 0 Å². The van der Waals surface area contributed by atoms with Crippen LogP contribution in [0.5, 0.6) is 0 Å². The Bertz CT molecular complexity index is 126. The van der Waals surface area contributed by atoms with Gasteiger partial charge in [0.2, 0.25) is 0 Å². The van der Waals surface area contributed by atoms with Crippen LogP contribution in [0, 0.1) is 0 Å². The minimum absolute atomic E-state index is 0.416. The van der Waals surface area contributed by atoms with Crippen LogP contribution in [0.2, 0.25) is 19.6 Å². The fourth-order valence-electron chi connectivity index (χ4n) is 1.23. The van der Waals surface area contributed by atoms with Crippen molar-refractivity contribution in [2.45, 2.75) is 51.9 Å². The summed E-state index contributed by atoms with van der Waals surface area (Å²) in [5.41, 5.74) is 0. The first-order valence-electron chi connectivity index (χ1n) is 4.78. The van der Waals surface area contributed by atoms with Crippen molar-refractivity contribution in [2.75, 3.05) is 0 Å². The van der Waals surface area contributed by atoms with Gasteiger partial charge in [0.05, 0.1) is 0 Å². The predicted octanol–water partition coefficient (Wildman–Crippen LogP) is 3.58. The van der Waals surface area contributed by atoms with Gasteiger partial charge in [-0.15, -0.1) is 6.58 Å². The van der Waals surface area contributed by atoms with Crippen LogP contribution in [-0.4, -0.2) is 14.4 Å². The van der Waals surface area contributed by atoms with Crippen LogP contribution < -0.4 is 0 Å². The van der Waals surface area contributed by atoms with Crippen LogP contribution in [0.1, 0.15) is 26.2 Å². The van der Waals surface area contributed by atoms with Crippen LogP contribution in [0.4, 0.5) is 0 Å². The molecule has 1 nitrogen and oxygen atoms in total. The van der Waals surface area contributed by atoms with Crippen molar-refractivity contribution in [2.24, 2.45) is 0 Å². The second-order valence-corrected chi connectivity index (χ2v) is 8.63. The van der Waals surface area contributed by atoms with Gasteiger partial charge in [0.15, 0.2) is 8.32 Å². The summed E-state index contributed by atoms with van der Waals surface area (Å²) in [5.74, 6) is 0. The highest BCUT2D eigenvalue weighted by Gasteiger charge is 2.19. The maximum atomic E-state index is 5.99. The van der Waals surface area contributed by atoms with E-state index in [0.29, 0.717) is 6.10 Å². The molecule has 0 rings (SSSR count). The van der Waals surface area contributed by atoms with Crippen LogP contribution in [0.15, 0.2) is 12.7 Å². The molecule has 0 bridgehead atoms. The van der Waals surface area contributed by atoms with E-state index in [-0.39, 0.29) is 0 Å². The summed E-state index contributed by atoms with van der Waals surface area (Å²) < 4.78 is 5.99. The Morgan fingerprint density at radius 3 is 2.33 bits per heavy atom. The second kappa shape index (κ2) is 5.54. The van der Waals surface area contributed by atoms with E-state index in [1.54, 1.807) is 0 Å². The average Bonchev–Trinajstić information content (AvgIpc) is 1.84. The summed E-state index contributed by atoms with van der Waals surface area (Å²) in [6, 6.07) is 0. The molecule has 12 heavy (non-hydrogen) atoms. The third kappa shape index (κ3) is 6.62. The Kier molecular flexibility index (Phi) is 5.50. The van der Waals surface area contributed by atoms with E-state index in [4.69, 9.17) is 4.43 Å². The van der Waals surface area contributed by atoms with Crippen LogP contribution in [-0.2, 0) is 4.43 Å². The Hall–Kier alpha value is -0.0831. The van der Waals surface area contributed by atoms with Crippen molar-refractivity contribution >= 4 is 8.32 Å². The summed E-state index contributed by atoms with van der Waals surface area (Å²) in [6.07, 6.45) is 5.73. The van der Waals surface area contributed by atoms with Crippen LogP contribution >= 0.6 is 0 Å². The Balaban J connectivity index is 3.85. The molecule has 0 aromatic rings.